The predicted molar refractivity (Wildman–Crippen MR) is 80.8 cm³/mol. The first-order valence-corrected chi connectivity index (χ1v) is 7.31. The second kappa shape index (κ2) is 6.57. The highest BCUT2D eigenvalue weighted by Crippen LogP contribution is 2.17. The number of ether oxygens (including phenoxy) is 1. The topological polar surface area (TPSA) is 89.0 Å². The van der Waals surface area contributed by atoms with E-state index < -0.39 is 11.5 Å². The largest absolute Gasteiger partial charge is 0.381 e. The number of pyridine rings is 1. The summed E-state index contributed by atoms with van der Waals surface area (Å²) >= 11 is 0. The number of anilines is 1. The number of rotatable bonds is 4. The van der Waals surface area contributed by atoms with Crippen molar-refractivity contribution in [2.45, 2.75) is 19.4 Å². The maximum Gasteiger partial charge on any atom is 0.261 e. The summed E-state index contributed by atoms with van der Waals surface area (Å²) in [4.78, 5) is 26.1. The molecule has 0 unspecified atom stereocenters. The maximum atomic E-state index is 12.0. The number of aromatic nitrogens is 3. The van der Waals surface area contributed by atoms with Gasteiger partial charge in [-0.2, -0.15) is 5.10 Å². The smallest absolute Gasteiger partial charge is 0.261 e. The Kier molecular flexibility index (Phi) is 4.34. The Morgan fingerprint density at radius 1 is 1.45 bits per heavy atom. The second-order valence-corrected chi connectivity index (χ2v) is 5.37. The van der Waals surface area contributed by atoms with E-state index in [-0.39, 0.29) is 5.56 Å². The second-order valence-electron chi connectivity index (χ2n) is 5.37. The summed E-state index contributed by atoms with van der Waals surface area (Å²) < 4.78 is 7.16. The van der Waals surface area contributed by atoms with Gasteiger partial charge in [0.1, 0.15) is 5.56 Å². The van der Waals surface area contributed by atoms with Crippen molar-refractivity contribution < 1.29 is 9.53 Å². The third kappa shape index (κ3) is 3.43. The van der Waals surface area contributed by atoms with E-state index in [9.17, 15) is 9.59 Å². The molecule has 0 bridgehead atoms. The van der Waals surface area contributed by atoms with Crippen LogP contribution < -0.4 is 10.9 Å². The van der Waals surface area contributed by atoms with Crippen LogP contribution in [0.4, 0.5) is 5.69 Å². The third-order valence-electron chi connectivity index (χ3n) is 3.74. The van der Waals surface area contributed by atoms with Crippen LogP contribution in [0.5, 0.6) is 0 Å². The molecule has 1 fully saturated rings. The normalized spacial score (nSPS) is 15.6. The highest BCUT2D eigenvalue weighted by atomic mass is 16.5. The zero-order chi connectivity index (χ0) is 15.4. The van der Waals surface area contributed by atoms with Crippen LogP contribution in [-0.4, -0.2) is 33.9 Å². The summed E-state index contributed by atoms with van der Waals surface area (Å²) in [6.07, 6.45) is 6.92. The quantitative estimate of drug-likeness (QED) is 0.889. The first-order valence-electron chi connectivity index (χ1n) is 7.31. The molecule has 22 heavy (non-hydrogen) atoms. The number of amides is 1. The van der Waals surface area contributed by atoms with E-state index in [1.54, 1.807) is 18.5 Å². The molecule has 1 saturated heterocycles. The number of aromatic amines is 1. The molecule has 2 aromatic rings. The minimum atomic E-state index is -0.438. The first kappa shape index (κ1) is 14.5. The molecule has 0 atom stereocenters. The Hall–Kier alpha value is -2.41. The van der Waals surface area contributed by atoms with Gasteiger partial charge in [0.2, 0.25) is 0 Å². The monoisotopic (exact) mass is 302 g/mol. The van der Waals surface area contributed by atoms with Gasteiger partial charge < -0.3 is 15.0 Å². The lowest BCUT2D eigenvalue weighted by atomic mass is 10.0. The molecule has 2 N–H and O–H groups in total. The van der Waals surface area contributed by atoms with Crippen molar-refractivity contribution in [2.24, 2.45) is 5.92 Å². The van der Waals surface area contributed by atoms with Crippen molar-refractivity contribution in [2.75, 3.05) is 18.5 Å². The van der Waals surface area contributed by atoms with Crippen molar-refractivity contribution in [3.8, 4) is 0 Å². The number of hydrogen-bond acceptors (Lipinski definition) is 4. The van der Waals surface area contributed by atoms with Gasteiger partial charge in [-0.05, 0) is 30.9 Å². The number of hydrogen-bond donors (Lipinski definition) is 2. The fourth-order valence-electron chi connectivity index (χ4n) is 2.52. The number of carbonyl (C=O) groups is 1. The van der Waals surface area contributed by atoms with E-state index in [2.05, 4.69) is 15.4 Å². The lowest BCUT2D eigenvalue weighted by Crippen LogP contribution is -2.22. The van der Waals surface area contributed by atoms with Crippen LogP contribution in [0.2, 0.25) is 0 Å². The molecule has 1 aliphatic heterocycles. The van der Waals surface area contributed by atoms with Gasteiger partial charge in [-0.3, -0.25) is 14.3 Å². The van der Waals surface area contributed by atoms with Crippen molar-refractivity contribution in [3.05, 3.63) is 46.6 Å². The van der Waals surface area contributed by atoms with Crippen molar-refractivity contribution in [1.82, 2.24) is 14.8 Å². The number of carbonyl (C=O) groups excluding carboxylic acids is 1. The van der Waals surface area contributed by atoms with Gasteiger partial charge in [-0.25, -0.2) is 0 Å². The predicted octanol–water partition coefficient (Wildman–Crippen LogP) is 1.25. The van der Waals surface area contributed by atoms with Crippen molar-refractivity contribution in [3.63, 3.8) is 0 Å². The average molecular weight is 302 g/mol. The first-order chi connectivity index (χ1) is 10.7. The van der Waals surface area contributed by atoms with Crippen molar-refractivity contribution in [1.29, 1.82) is 0 Å². The molecule has 3 rings (SSSR count). The summed E-state index contributed by atoms with van der Waals surface area (Å²) in [5, 5.41) is 6.94. The molecule has 2 aromatic heterocycles. The summed E-state index contributed by atoms with van der Waals surface area (Å²) in [5.41, 5.74) is 0.259. The van der Waals surface area contributed by atoms with Gasteiger partial charge in [0.25, 0.3) is 11.5 Å². The molecule has 116 valence electrons. The summed E-state index contributed by atoms with van der Waals surface area (Å²) in [7, 11) is 0. The zero-order valence-corrected chi connectivity index (χ0v) is 12.1. The number of nitrogens with zero attached hydrogens (tertiary/aromatic N) is 2. The summed E-state index contributed by atoms with van der Waals surface area (Å²) in [6.45, 7) is 2.41. The van der Waals surface area contributed by atoms with Crippen LogP contribution in [0.1, 0.15) is 23.2 Å². The van der Waals surface area contributed by atoms with E-state index in [0.717, 1.165) is 32.6 Å². The molecule has 1 aliphatic rings. The molecule has 3 heterocycles. The lowest BCUT2D eigenvalue weighted by Gasteiger charge is -2.21. The van der Waals surface area contributed by atoms with E-state index in [1.807, 2.05) is 4.68 Å². The molecule has 0 spiro atoms. The third-order valence-corrected chi connectivity index (χ3v) is 3.74. The van der Waals surface area contributed by atoms with Crippen molar-refractivity contribution >= 4 is 11.6 Å². The molecular formula is C15H18N4O3. The van der Waals surface area contributed by atoms with Crippen LogP contribution in [-0.2, 0) is 11.3 Å². The Bertz CT molecular complexity index is 701. The van der Waals surface area contributed by atoms with Crippen LogP contribution in [0.15, 0.2) is 35.5 Å². The van der Waals surface area contributed by atoms with E-state index in [1.165, 1.54) is 12.3 Å². The fourth-order valence-corrected chi connectivity index (χ4v) is 2.52. The van der Waals surface area contributed by atoms with E-state index in [0.29, 0.717) is 11.6 Å². The van der Waals surface area contributed by atoms with Gasteiger partial charge in [0.05, 0.1) is 11.9 Å². The lowest BCUT2D eigenvalue weighted by molar-refractivity contribution is 0.0601. The zero-order valence-electron chi connectivity index (χ0n) is 12.1. The minimum Gasteiger partial charge on any atom is -0.381 e. The van der Waals surface area contributed by atoms with Gasteiger partial charge in [-0.15, -0.1) is 0 Å². The molecule has 0 aromatic carbocycles. The molecular weight excluding hydrogens is 284 g/mol. The Balaban J connectivity index is 1.63. The van der Waals surface area contributed by atoms with Crippen LogP contribution >= 0.6 is 0 Å². The number of nitrogens with one attached hydrogen (secondary N) is 2. The van der Waals surface area contributed by atoms with Gasteiger partial charge in [0.15, 0.2) is 0 Å². The van der Waals surface area contributed by atoms with Gasteiger partial charge in [-0.1, -0.05) is 0 Å². The standard InChI is InChI=1S/C15H18N4O3/c20-14-13(2-1-5-16-14)15(21)18-12-8-17-19(10-12)9-11-3-6-22-7-4-11/h1-2,5,8,10-11H,3-4,6-7,9H2,(H,16,20)(H,18,21). The van der Waals surface area contributed by atoms with Crippen LogP contribution in [0.25, 0.3) is 0 Å². The van der Waals surface area contributed by atoms with Crippen LogP contribution in [0, 0.1) is 5.92 Å². The Morgan fingerprint density at radius 3 is 3.05 bits per heavy atom. The van der Waals surface area contributed by atoms with E-state index in [4.69, 9.17) is 4.74 Å². The molecule has 0 aliphatic carbocycles. The van der Waals surface area contributed by atoms with E-state index >= 15 is 0 Å². The molecule has 7 nitrogen and oxygen atoms in total. The Labute approximate surface area is 127 Å². The Morgan fingerprint density at radius 2 is 2.27 bits per heavy atom. The average Bonchev–Trinajstić information content (AvgIpc) is 2.95. The minimum absolute atomic E-state index is 0.0830. The molecule has 1 amide bonds. The summed E-state index contributed by atoms with van der Waals surface area (Å²) in [6, 6.07) is 3.10. The number of H-pyrrole nitrogens is 1. The van der Waals surface area contributed by atoms with Gasteiger partial charge >= 0.3 is 0 Å². The van der Waals surface area contributed by atoms with Crippen LogP contribution in [0.3, 0.4) is 0 Å². The molecule has 0 radical (unpaired) electrons. The molecule has 0 saturated carbocycles. The highest BCUT2D eigenvalue weighted by Gasteiger charge is 2.15. The fraction of sp³-hybridized carbons (Fsp3) is 0.400. The summed E-state index contributed by atoms with van der Waals surface area (Å²) in [5.74, 6) is 0.113. The molecule has 7 heteroatoms. The van der Waals surface area contributed by atoms with Gasteiger partial charge in [0, 0.05) is 32.2 Å². The SMILES string of the molecule is O=C(Nc1cnn(CC2CCOCC2)c1)c1ccc[nH]c1=O. The maximum absolute atomic E-state index is 12.0. The highest BCUT2D eigenvalue weighted by molar-refractivity contribution is 6.03.